The van der Waals surface area contributed by atoms with Gasteiger partial charge in [0.25, 0.3) is 5.91 Å². The van der Waals surface area contributed by atoms with Crippen LogP contribution >= 0.6 is 0 Å². The van der Waals surface area contributed by atoms with Crippen molar-refractivity contribution in [2.45, 2.75) is 38.6 Å². The molecule has 2 aliphatic heterocycles. The molecule has 3 rings (SSSR count). The summed E-state index contributed by atoms with van der Waals surface area (Å²) in [6.07, 6.45) is 3.80. The highest BCUT2D eigenvalue weighted by atomic mass is 16.5. The third-order valence-electron chi connectivity index (χ3n) is 5.47. The Balaban J connectivity index is 1.44. The lowest BCUT2D eigenvalue weighted by Crippen LogP contribution is -2.62. The Morgan fingerprint density at radius 2 is 1.81 bits per heavy atom. The Morgan fingerprint density at radius 1 is 1.15 bits per heavy atom. The Labute approximate surface area is 155 Å². The van der Waals surface area contributed by atoms with Gasteiger partial charge in [-0.25, -0.2) is 0 Å². The number of benzene rings is 1. The number of amides is 2. The largest absolute Gasteiger partial charge is 0.494 e. The van der Waals surface area contributed by atoms with Crippen molar-refractivity contribution in [3.05, 3.63) is 29.8 Å². The highest BCUT2D eigenvalue weighted by Gasteiger charge is 2.37. The summed E-state index contributed by atoms with van der Waals surface area (Å²) in [7, 11) is 0. The van der Waals surface area contributed by atoms with Crippen LogP contribution in [-0.2, 0) is 4.79 Å². The van der Waals surface area contributed by atoms with Gasteiger partial charge < -0.3 is 15.4 Å². The number of carbonyl (C=O) groups excluding carboxylic acids is 2. The third kappa shape index (κ3) is 4.36. The van der Waals surface area contributed by atoms with Gasteiger partial charge >= 0.3 is 0 Å². The molecular weight excluding hydrogens is 330 g/mol. The normalized spacial score (nSPS) is 19.2. The number of rotatable bonds is 7. The minimum Gasteiger partial charge on any atom is -0.494 e. The number of primary amides is 1. The van der Waals surface area contributed by atoms with Gasteiger partial charge in [-0.3, -0.25) is 14.5 Å². The number of piperidine rings is 1. The van der Waals surface area contributed by atoms with Gasteiger partial charge in [0.15, 0.2) is 0 Å². The first-order chi connectivity index (χ1) is 12.6. The van der Waals surface area contributed by atoms with E-state index in [1.54, 1.807) is 0 Å². The zero-order chi connectivity index (χ0) is 18.5. The van der Waals surface area contributed by atoms with Gasteiger partial charge in [-0.05, 0) is 56.6 Å². The summed E-state index contributed by atoms with van der Waals surface area (Å²) in [6.45, 7) is 6.15. The number of likely N-dealkylation sites (tertiary alicyclic amines) is 2. The first kappa shape index (κ1) is 18.7. The van der Waals surface area contributed by atoms with Crippen molar-refractivity contribution >= 4 is 11.8 Å². The van der Waals surface area contributed by atoms with E-state index in [0.717, 1.165) is 57.6 Å². The van der Waals surface area contributed by atoms with Crippen molar-refractivity contribution in [3.8, 4) is 5.75 Å². The Hall–Kier alpha value is -2.08. The van der Waals surface area contributed by atoms with E-state index >= 15 is 0 Å². The molecule has 0 radical (unpaired) electrons. The molecule has 1 aromatic carbocycles. The highest BCUT2D eigenvalue weighted by molar-refractivity contribution is 5.95. The van der Waals surface area contributed by atoms with Crippen LogP contribution in [0.25, 0.3) is 0 Å². The molecule has 2 heterocycles. The second-order valence-electron chi connectivity index (χ2n) is 7.30. The molecule has 2 fully saturated rings. The van der Waals surface area contributed by atoms with Crippen LogP contribution in [0.1, 0.15) is 43.0 Å². The first-order valence-corrected chi connectivity index (χ1v) is 9.64. The van der Waals surface area contributed by atoms with Crippen LogP contribution in [0, 0.1) is 5.92 Å². The Kier molecular flexibility index (Phi) is 6.14. The molecule has 0 saturated carbocycles. The maximum absolute atomic E-state index is 12.6. The number of ether oxygens (including phenoxy) is 1. The van der Waals surface area contributed by atoms with Crippen molar-refractivity contribution in [2.75, 3.05) is 32.8 Å². The molecule has 2 aliphatic rings. The molecule has 0 aromatic heterocycles. The number of hydrogen-bond acceptors (Lipinski definition) is 4. The van der Waals surface area contributed by atoms with Gasteiger partial charge in [0.2, 0.25) is 5.91 Å². The summed E-state index contributed by atoms with van der Waals surface area (Å²) in [6, 6.07) is 7.83. The van der Waals surface area contributed by atoms with Crippen LogP contribution in [0.4, 0.5) is 0 Å². The standard InChI is InChI=1S/C20H29N3O3/c1-2-3-12-26-18-6-4-16(5-7-18)20(25)23-13-17(14-23)22-10-8-15(9-11-22)19(21)24/h4-7,15,17H,2-3,8-14H2,1H3,(H2,21,24). The van der Waals surface area contributed by atoms with Crippen LogP contribution in [0.2, 0.25) is 0 Å². The zero-order valence-electron chi connectivity index (χ0n) is 15.5. The molecule has 0 aliphatic carbocycles. The van der Waals surface area contributed by atoms with Crippen molar-refractivity contribution in [3.63, 3.8) is 0 Å². The lowest BCUT2D eigenvalue weighted by Gasteiger charge is -2.47. The van der Waals surface area contributed by atoms with Gasteiger partial charge in [-0.15, -0.1) is 0 Å². The van der Waals surface area contributed by atoms with Gasteiger partial charge in [0.05, 0.1) is 6.61 Å². The molecule has 1 aromatic rings. The number of unbranched alkanes of at least 4 members (excludes halogenated alkanes) is 1. The maximum atomic E-state index is 12.6. The van der Waals surface area contributed by atoms with Crippen molar-refractivity contribution in [2.24, 2.45) is 11.7 Å². The lowest BCUT2D eigenvalue weighted by atomic mass is 9.93. The van der Waals surface area contributed by atoms with E-state index in [4.69, 9.17) is 10.5 Å². The van der Waals surface area contributed by atoms with Crippen LogP contribution in [-0.4, -0.2) is 60.4 Å². The van der Waals surface area contributed by atoms with E-state index in [2.05, 4.69) is 11.8 Å². The first-order valence-electron chi connectivity index (χ1n) is 9.64. The average Bonchev–Trinajstić information content (AvgIpc) is 2.61. The molecule has 6 heteroatoms. The van der Waals surface area contributed by atoms with E-state index < -0.39 is 0 Å². The summed E-state index contributed by atoms with van der Waals surface area (Å²) >= 11 is 0. The predicted molar refractivity (Wildman–Crippen MR) is 100 cm³/mol. The monoisotopic (exact) mass is 359 g/mol. The SMILES string of the molecule is CCCCOc1ccc(C(=O)N2CC(N3CCC(C(N)=O)CC3)C2)cc1. The second-order valence-corrected chi connectivity index (χ2v) is 7.30. The van der Waals surface area contributed by atoms with Gasteiger partial charge in [0, 0.05) is 30.6 Å². The lowest BCUT2D eigenvalue weighted by molar-refractivity contribution is -0.123. The molecule has 6 nitrogen and oxygen atoms in total. The van der Waals surface area contributed by atoms with Crippen molar-refractivity contribution < 1.29 is 14.3 Å². The average molecular weight is 359 g/mol. The van der Waals surface area contributed by atoms with Crippen LogP contribution in [0.3, 0.4) is 0 Å². The molecule has 26 heavy (non-hydrogen) atoms. The Morgan fingerprint density at radius 3 is 2.38 bits per heavy atom. The molecule has 2 N–H and O–H groups in total. The molecule has 0 spiro atoms. The fourth-order valence-corrected chi connectivity index (χ4v) is 3.61. The zero-order valence-corrected chi connectivity index (χ0v) is 15.5. The summed E-state index contributed by atoms with van der Waals surface area (Å²) in [5.74, 6) is 0.724. The second kappa shape index (κ2) is 8.54. The molecule has 2 amide bonds. The van der Waals surface area contributed by atoms with E-state index in [-0.39, 0.29) is 17.7 Å². The minimum absolute atomic E-state index is 0.0159. The smallest absolute Gasteiger partial charge is 0.253 e. The van der Waals surface area contributed by atoms with Gasteiger partial charge in [-0.1, -0.05) is 13.3 Å². The van der Waals surface area contributed by atoms with Gasteiger partial charge in [0.1, 0.15) is 5.75 Å². The van der Waals surface area contributed by atoms with E-state index in [0.29, 0.717) is 18.2 Å². The summed E-state index contributed by atoms with van der Waals surface area (Å²) in [5, 5.41) is 0. The molecular formula is C20H29N3O3. The fraction of sp³-hybridized carbons (Fsp3) is 0.600. The molecule has 0 unspecified atom stereocenters. The van der Waals surface area contributed by atoms with E-state index in [9.17, 15) is 9.59 Å². The quantitative estimate of drug-likeness (QED) is 0.754. The van der Waals surface area contributed by atoms with E-state index in [1.165, 1.54) is 0 Å². The number of hydrogen-bond donors (Lipinski definition) is 1. The highest BCUT2D eigenvalue weighted by Crippen LogP contribution is 2.24. The molecule has 0 atom stereocenters. The molecule has 2 saturated heterocycles. The summed E-state index contributed by atoms with van der Waals surface area (Å²) < 4.78 is 5.64. The minimum atomic E-state index is -0.183. The fourth-order valence-electron chi connectivity index (χ4n) is 3.61. The maximum Gasteiger partial charge on any atom is 0.253 e. The Bertz CT molecular complexity index is 618. The number of nitrogens with two attached hydrogens (primary N) is 1. The topological polar surface area (TPSA) is 75.9 Å². The molecule has 142 valence electrons. The van der Waals surface area contributed by atoms with Crippen LogP contribution in [0.5, 0.6) is 5.75 Å². The van der Waals surface area contributed by atoms with Crippen molar-refractivity contribution in [1.82, 2.24) is 9.80 Å². The summed E-state index contributed by atoms with van der Waals surface area (Å²) in [4.78, 5) is 28.1. The van der Waals surface area contributed by atoms with Crippen LogP contribution < -0.4 is 10.5 Å². The van der Waals surface area contributed by atoms with Crippen molar-refractivity contribution in [1.29, 1.82) is 0 Å². The molecule has 0 bridgehead atoms. The van der Waals surface area contributed by atoms with Crippen LogP contribution in [0.15, 0.2) is 24.3 Å². The predicted octanol–water partition coefficient (Wildman–Crippen LogP) is 1.89. The van der Waals surface area contributed by atoms with Gasteiger partial charge in [-0.2, -0.15) is 0 Å². The van der Waals surface area contributed by atoms with E-state index in [1.807, 2.05) is 29.2 Å². The number of nitrogens with zero attached hydrogens (tertiary/aromatic N) is 2. The number of carbonyl (C=O) groups is 2. The summed E-state index contributed by atoms with van der Waals surface area (Å²) in [5.41, 5.74) is 6.09. The third-order valence-corrected chi connectivity index (χ3v) is 5.47.